The lowest BCUT2D eigenvalue weighted by atomic mass is 10.4. The van der Waals surface area contributed by atoms with E-state index in [4.69, 9.17) is 0 Å². The third-order valence-corrected chi connectivity index (χ3v) is 6.88. The van der Waals surface area contributed by atoms with Gasteiger partial charge in [0.15, 0.2) is 0 Å². The van der Waals surface area contributed by atoms with Crippen LogP contribution in [0.5, 0.6) is 0 Å². The van der Waals surface area contributed by atoms with Crippen molar-refractivity contribution in [2.75, 3.05) is 0 Å². The lowest BCUT2D eigenvalue weighted by Gasteiger charge is -2.31. The molecule has 0 bridgehead atoms. The largest absolute Gasteiger partial charge is 0.481 e. The van der Waals surface area contributed by atoms with Crippen molar-refractivity contribution in [2.45, 2.75) is 44.8 Å². The summed E-state index contributed by atoms with van der Waals surface area (Å²) in [6.45, 7) is 11.9. The van der Waals surface area contributed by atoms with Crippen molar-refractivity contribution >= 4 is 28.1 Å². The van der Waals surface area contributed by atoms with Crippen LogP contribution in [-0.4, -0.2) is 33.2 Å². The smallest absolute Gasteiger partial charge is 0.308 e. The van der Waals surface area contributed by atoms with Gasteiger partial charge in [0.25, 0.3) is 0 Å². The maximum atomic E-state index is 11.3. The third kappa shape index (κ3) is 3.78. The normalized spacial score (nSPS) is 14.3. The van der Waals surface area contributed by atoms with E-state index >= 15 is 0 Å². The summed E-state index contributed by atoms with van der Waals surface area (Å²) in [4.78, 5) is 22.2. The van der Waals surface area contributed by atoms with Crippen LogP contribution in [0.1, 0.15) is 0 Å². The number of carbonyl (C=O) groups is 1. The van der Waals surface area contributed by atoms with Crippen LogP contribution in [0.4, 0.5) is 0 Å². The third-order valence-electron chi connectivity index (χ3n) is 2.32. The molecule has 0 rings (SSSR count). The minimum Gasteiger partial charge on any atom is -0.481 e. The summed E-state index contributed by atoms with van der Waals surface area (Å²) in [6.07, 6.45) is 0. The number of carboxylic acid groups (broad SMARTS) is 1. The highest BCUT2D eigenvalue weighted by atomic mass is 28.3. The molecule has 0 saturated heterocycles. The van der Waals surface area contributed by atoms with E-state index in [1.54, 1.807) is 0 Å². The SMILES string of the molecule is C[Si](C)(C)C(=C=O)C(C(=O)O)[Si](C)(C)C. The van der Waals surface area contributed by atoms with Crippen molar-refractivity contribution in [3.63, 3.8) is 0 Å². The van der Waals surface area contributed by atoms with Crippen molar-refractivity contribution in [1.29, 1.82) is 0 Å². The number of hydrogen-bond acceptors (Lipinski definition) is 2. The van der Waals surface area contributed by atoms with Gasteiger partial charge in [0.05, 0.1) is 21.7 Å². The second kappa shape index (κ2) is 4.47. The minimum absolute atomic E-state index is 0.522. The molecule has 0 aromatic heterocycles. The molecule has 0 aliphatic heterocycles. The summed E-state index contributed by atoms with van der Waals surface area (Å²) in [7, 11) is -3.78. The molecule has 0 amide bonds. The van der Waals surface area contributed by atoms with Gasteiger partial charge >= 0.3 is 5.97 Å². The summed E-state index contributed by atoms with van der Waals surface area (Å²) in [5, 5.41) is 9.75. The van der Waals surface area contributed by atoms with Crippen LogP contribution in [0, 0.1) is 0 Å². The number of aliphatic carboxylic acids is 1. The van der Waals surface area contributed by atoms with Crippen molar-refractivity contribution in [3.8, 4) is 0 Å². The molecule has 0 aliphatic rings. The summed E-state index contributed by atoms with van der Waals surface area (Å²) in [6, 6.07) is 0. The van der Waals surface area contributed by atoms with E-state index in [9.17, 15) is 14.7 Å². The van der Waals surface area contributed by atoms with E-state index in [-0.39, 0.29) is 0 Å². The molecule has 15 heavy (non-hydrogen) atoms. The zero-order valence-corrected chi connectivity index (χ0v) is 12.3. The Balaban J connectivity index is 5.47. The topological polar surface area (TPSA) is 54.4 Å². The van der Waals surface area contributed by atoms with E-state index < -0.39 is 27.7 Å². The second-order valence-corrected chi connectivity index (χ2v) is 16.3. The Kier molecular flexibility index (Phi) is 4.28. The van der Waals surface area contributed by atoms with Crippen LogP contribution >= 0.6 is 0 Å². The Morgan fingerprint density at radius 3 is 1.60 bits per heavy atom. The highest BCUT2D eigenvalue weighted by molar-refractivity contribution is 6.90. The van der Waals surface area contributed by atoms with Crippen molar-refractivity contribution in [1.82, 2.24) is 0 Å². The van der Waals surface area contributed by atoms with Gasteiger partial charge in [0.2, 0.25) is 0 Å². The Labute approximate surface area is 93.2 Å². The Morgan fingerprint density at radius 2 is 1.53 bits per heavy atom. The Bertz CT molecular complexity index is 304. The van der Waals surface area contributed by atoms with E-state index in [2.05, 4.69) is 0 Å². The first-order chi connectivity index (χ1) is 6.51. The molecule has 0 aliphatic carbocycles. The van der Waals surface area contributed by atoms with Gasteiger partial charge in [-0.3, -0.25) is 4.79 Å². The van der Waals surface area contributed by atoms with Crippen molar-refractivity contribution in [2.24, 2.45) is 0 Å². The zero-order valence-electron chi connectivity index (χ0n) is 10.3. The fraction of sp³-hybridized carbons (Fsp3) is 0.700. The van der Waals surface area contributed by atoms with E-state index in [0.29, 0.717) is 5.20 Å². The zero-order chi connectivity index (χ0) is 12.4. The van der Waals surface area contributed by atoms with Gasteiger partial charge < -0.3 is 5.11 Å². The van der Waals surface area contributed by atoms with E-state index in [1.807, 2.05) is 45.2 Å². The summed E-state index contributed by atoms with van der Waals surface area (Å²) in [5.41, 5.74) is -0.582. The van der Waals surface area contributed by atoms with Gasteiger partial charge in [0.1, 0.15) is 5.94 Å². The van der Waals surface area contributed by atoms with Crippen LogP contribution in [0.3, 0.4) is 0 Å². The van der Waals surface area contributed by atoms with Crippen LogP contribution in [0.15, 0.2) is 5.20 Å². The number of rotatable bonds is 4. The van der Waals surface area contributed by atoms with Crippen LogP contribution in [0.25, 0.3) is 0 Å². The monoisotopic (exact) mass is 244 g/mol. The highest BCUT2D eigenvalue weighted by Gasteiger charge is 2.41. The van der Waals surface area contributed by atoms with E-state index in [0.717, 1.165) is 0 Å². The molecule has 1 N–H and O–H groups in total. The van der Waals surface area contributed by atoms with Gasteiger partial charge in [-0.1, -0.05) is 39.3 Å². The first-order valence-corrected chi connectivity index (χ1v) is 12.1. The fourth-order valence-corrected chi connectivity index (χ4v) is 7.13. The molecule has 0 saturated carbocycles. The highest BCUT2D eigenvalue weighted by Crippen LogP contribution is 2.34. The van der Waals surface area contributed by atoms with Gasteiger partial charge in [-0.25, -0.2) is 4.79 Å². The Morgan fingerprint density at radius 1 is 1.13 bits per heavy atom. The van der Waals surface area contributed by atoms with Gasteiger partial charge in [-0.05, 0) is 0 Å². The number of hydrogen-bond donors (Lipinski definition) is 1. The standard InChI is InChI=1S/C10H20O3Si2/c1-14(2,3)8(7-11)9(10(12)13)15(4,5)6/h9H,1-6H3,(H,12,13). The molecule has 0 aromatic carbocycles. The average Bonchev–Trinajstić information content (AvgIpc) is 1.93. The first kappa shape index (κ1) is 14.4. The molecule has 1 atom stereocenters. The lowest BCUT2D eigenvalue weighted by molar-refractivity contribution is -0.136. The maximum absolute atomic E-state index is 11.3. The maximum Gasteiger partial charge on any atom is 0.308 e. The number of carbonyl (C=O) groups excluding carboxylic acids is 1. The second-order valence-electron chi connectivity index (χ2n) is 5.90. The predicted octanol–water partition coefficient (Wildman–Crippen LogP) is 2.41. The first-order valence-electron chi connectivity index (χ1n) is 5.00. The number of carboxylic acids is 1. The molecule has 0 fully saturated rings. The fourth-order valence-electron chi connectivity index (χ4n) is 1.57. The lowest BCUT2D eigenvalue weighted by Crippen LogP contribution is -2.42. The van der Waals surface area contributed by atoms with Crippen LogP contribution in [0.2, 0.25) is 44.8 Å². The molecule has 0 heterocycles. The summed E-state index contributed by atoms with van der Waals surface area (Å²) in [5.74, 6) is 1.05. The van der Waals surface area contributed by atoms with Crippen molar-refractivity contribution in [3.05, 3.63) is 5.20 Å². The molecular formula is C10H20O3Si2. The molecule has 86 valence electrons. The Hall–Kier alpha value is -0.646. The van der Waals surface area contributed by atoms with Gasteiger partial charge in [0, 0.05) is 5.20 Å². The molecule has 0 radical (unpaired) electrons. The van der Waals surface area contributed by atoms with Gasteiger partial charge in [-0.15, -0.1) is 0 Å². The van der Waals surface area contributed by atoms with Gasteiger partial charge in [-0.2, -0.15) is 0 Å². The molecule has 0 spiro atoms. The molecule has 1 unspecified atom stereocenters. The van der Waals surface area contributed by atoms with E-state index in [1.165, 1.54) is 0 Å². The average molecular weight is 244 g/mol. The van der Waals surface area contributed by atoms with Crippen LogP contribution in [-0.2, 0) is 9.59 Å². The van der Waals surface area contributed by atoms with Crippen molar-refractivity contribution < 1.29 is 14.7 Å². The molecular weight excluding hydrogens is 224 g/mol. The molecule has 0 aromatic rings. The predicted molar refractivity (Wildman–Crippen MR) is 67.3 cm³/mol. The summed E-state index contributed by atoms with van der Waals surface area (Å²) >= 11 is 0. The van der Waals surface area contributed by atoms with Crippen LogP contribution < -0.4 is 0 Å². The molecule has 5 heteroatoms. The summed E-state index contributed by atoms with van der Waals surface area (Å²) < 4.78 is 0. The quantitative estimate of drug-likeness (QED) is 0.610. The molecule has 3 nitrogen and oxygen atoms in total. The minimum atomic E-state index is -1.91.